The molecule has 2 heterocycles. The number of hydrogen-bond acceptors (Lipinski definition) is 3. The van der Waals surface area contributed by atoms with Crippen molar-refractivity contribution in [2.45, 2.75) is 51.7 Å². The first-order valence-corrected chi connectivity index (χ1v) is 13.2. The van der Waals surface area contributed by atoms with Crippen molar-refractivity contribution in [1.29, 1.82) is 0 Å². The van der Waals surface area contributed by atoms with Crippen LogP contribution in [0.3, 0.4) is 0 Å². The summed E-state index contributed by atoms with van der Waals surface area (Å²) in [5.41, 5.74) is 5.13. The molecule has 0 bridgehead atoms. The number of nitrogens with one attached hydrogen (secondary N) is 1. The second kappa shape index (κ2) is 10.6. The molecule has 1 aromatic heterocycles. The maximum atomic E-state index is 12.9. The third kappa shape index (κ3) is 5.41. The number of likely N-dealkylation sites (tertiary alicyclic amines) is 1. The van der Waals surface area contributed by atoms with E-state index < -0.39 is 0 Å². The third-order valence-electron chi connectivity index (χ3n) is 7.11. The molecule has 3 aromatic carbocycles. The molecular formula is C30H29Cl2N3O. The minimum absolute atomic E-state index is 0.166. The van der Waals surface area contributed by atoms with Crippen LogP contribution >= 0.6 is 23.2 Å². The Hall–Kier alpha value is -2.92. The third-order valence-corrected chi connectivity index (χ3v) is 7.66. The van der Waals surface area contributed by atoms with E-state index in [9.17, 15) is 4.79 Å². The Labute approximate surface area is 222 Å². The van der Waals surface area contributed by atoms with Gasteiger partial charge in [-0.05, 0) is 80.8 Å². The molecule has 0 aliphatic carbocycles. The van der Waals surface area contributed by atoms with Crippen LogP contribution in [-0.4, -0.2) is 27.9 Å². The van der Waals surface area contributed by atoms with E-state index in [1.54, 1.807) is 24.3 Å². The van der Waals surface area contributed by atoms with E-state index in [0.717, 1.165) is 40.0 Å². The number of carbonyl (C=O) groups excluding carboxylic acids is 1. The van der Waals surface area contributed by atoms with Gasteiger partial charge in [0.15, 0.2) is 0 Å². The van der Waals surface area contributed by atoms with Gasteiger partial charge >= 0.3 is 0 Å². The molecule has 184 valence electrons. The Kier molecular flexibility index (Phi) is 7.29. The van der Waals surface area contributed by atoms with Gasteiger partial charge in [0.1, 0.15) is 0 Å². The molecule has 2 atom stereocenters. The molecule has 1 aliphatic rings. The summed E-state index contributed by atoms with van der Waals surface area (Å²) in [4.78, 5) is 20.3. The summed E-state index contributed by atoms with van der Waals surface area (Å²) in [5, 5.41) is 5.17. The predicted octanol–water partition coefficient (Wildman–Crippen LogP) is 8.22. The lowest BCUT2D eigenvalue weighted by Gasteiger charge is -2.38. The van der Waals surface area contributed by atoms with Crippen molar-refractivity contribution in [2.75, 3.05) is 5.32 Å². The first-order valence-electron chi connectivity index (χ1n) is 12.4. The zero-order chi connectivity index (χ0) is 25.2. The van der Waals surface area contributed by atoms with Gasteiger partial charge < -0.3 is 5.32 Å². The summed E-state index contributed by atoms with van der Waals surface area (Å²) in [5.74, 6) is -0.166. The van der Waals surface area contributed by atoms with Gasteiger partial charge in [-0.1, -0.05) is 53.9 Å². The molecule has 1 N–H and O–H groups in total. The molecular weight excluding hydrogens is 489 g/mol. The van der Waals surface area contributed by atoms with Gasteiger partial charge in [0.05, 0.1) is 11.2 Å². The highest BCUT2D eigenvalue weighted by atomic mass is 35.5. The van der Waals surface area contributed by atoms with Crippen LogP contribution in [0.4, 0.5) is 5.69 Å². The first kappa shape index (κ1) is 24.8. The Morgan fingerprint density at radius 2 is 1.69 bits per heavy atom. The molecule has 1 fully saturated rings. The van der Waals surface area contributed by atoms with Gasteiger partial charge in [0, 0.05) is 50.9 Å². The minimum Gasteiger partial charge on any atom is -0.322 e. The number of halogens is 2. The number of carbonyl (C=O) groups is 1. The van der Waals surface area contributed by atoms with Crippen LogP contribution in [0.15, 0.2) is 72.8 Å². The van der Waals surface area contributed by atoms with Crippen LogP contribution in [0.5, 0.6) is 0 Å². The van der Waals surface area contributed by atoms with Gasteiger partial charge in [-0.15, -0.1) is 0 Å². The Balaban J connectivity index is 1.28. The van der Waals surface area contributed by atoms with Crippen LogP contribution in [0.2, 0.25) is 10.0 Å². The van der Waals surface area contributed by atoms with Crippen LogP contribution in [0.25, 0.3) is 22.0 Å². The second-order valence-electron chi connectivity index (χ2n) is 9.67. The highest BCUT2D eigenvalue weighted by Gasteiger charge is 2.24. The smallest absolute Gasteiger partial charge is 0.255 e. The summed E-state index contributed by atoms with van der Waals surface area (Å²) >= 11 is 12.3. The molecule has 0 spiro atoms. The number of anilines is 1. The Morgan fingerprint density at radius 1 is 0.944 bits per heavy atom. The number of nitrogens with zero attached hydrogens (tertiary/aromatic N) is 2. The SMILES string of the molecule is CC1CCC[C@H](C)N1Cc1ccc2cc(NC(=O)c3ccc(-c4ccc(Cl)cc4Cl)cc3)ccc2n1. The summed E-state index contributed by atoms with van der Waals surface area (Å²) in [6.45, 7) is 5.49. The van der Waals surface area contributed by atoms with Gasteiger partial charge in [0.25, 0.3) is 5.91 Å². The minimum atomic E-state index is -0.166. The van der Waals surface area contributed by atoms with Gasteiger partial charge in [-0.25, -0.2) is 0 Å². The fourth-order valence-corrected chi connectivity index (χ4v) is 5.55. The zero-order valence-electron chi connectivity index (χ0n) is 20.5. The van der Waals surface area contributed by atoms with Crippen LogP contribution in [-0.2, 0) is 6.54 Å². The number of hydrogen-bond donors (Lipinski definition) is 1. The van der Waals surface area contributed by atoms with Crippen molar-refractivity contribution in [1.82, 2.24) is 9.88 Å². The van der Waals surface area contributed by atoms with Crippen molar-refractivity contribution < 1.29 is 4.79 Å². The topological polar surface area (TPSA) is 45.2 Å². The van der Waals surface area contributed by atoms with Crippen molar-refractivity contribution in [3.63, 3.8) is 0 Å². The van der Waals surface area contributed by atoms with E-state index in [4.69, 9.17) is 28.2 Å². The Bertz CT molecular complexity index is 1390. The van der Waals surface area contributed by atoms with Gasteiger partial charge in [0.2, 0.25) is 0 Å². The number of amides is 1. The highest BCUT2D eigenvalue weighted by Crippen LogP contribution is 2.31. The van der Waals surface area contributed by atoms with E-state index >= 15 is 0 Å². The molecule has 0 radical (unpaired) electrons. The van der Waals surface area contributed by atoms with Crippen LogP contribution in [0, 0.1) is 0 Å². The largest absolute Gasteiger partial charge is 0.322 e. The number of fused-ring (bicyclic) bond motifs is 1. The summed E-state index contributed by atoms with van der Waals surface area (Å²) in [6.07, 6.45) is 3.80. The van der Waals surface area contributed by atoms with E-state index in [1.165, 1.54) is 19.3 Å². The molecule has 1 unspecified atom stereocenters. The molecule has 1 amide bonds. The van der Waals surface area contributed by atoms with Crippen molar-refractivity contribution in [2.24, 2.45) is 0 Å². The average molecular weight is 518 g/mol. The summed E-state index contributed by atoms with van der Waals surface area (Å²) in [7, 11) is 0. The fraction of sp³-hybridized carbons (Fsp3) is 0.267. The lowest BCUT2D eigenvalue weighted by molar-refractivity contribution is 0.0939. The molecule has 5 rings (SSSR count). The fourth-order valence-electron chi connectivity index (χ4n) is 5.04. The standard InChI is InChI=1S/C30H29Cl2N3O/c1-19-4-3-5-20(2)35(19)18-26-12-10-23-16-25(13-15-29(23)33-26)34-30(36)22-8-6-21(7-9-22)27-14-11-24(31)17-28(27)32/h6-17,19-20H,3-5,18H2,1-2H3,(H,34,36)/t19-,20?/m0/s1. The second-order valence-corrected chi connectivity index (χ2v) is 10.5. The molecule has 1 aliphatic heterocycles. The molecule has 36 heavy (non-hydrogen) atoms. The number of aromatic nitrogens is 1. The molecule has 6 heteroatoms. The summed E-state index contributed by atoms with van der Waals surface area (Å²) in [6, 6.07) is 24.0. The number of pyridine rings is 1. The number of rotatable bonds is 5. The maximum Gasteiger partial charge on any atom is 0.255 e. The van der Waals surface area contributed by atoms with E-state index in [1.807, 2.05) is 36.4 Å². The monoisotopic (exact) mass is 517 g/mol. The maximum absolute atomic E-state index is 12.9. The number of piperidine rings is 1. The van der Waals surface area contributed by atoms with Crippen LogP contribution < -0.4 is 5.32 Å². The van der Waals surface area contributed by atoms with E-state index in [2.05, 4.69) is 36.2 Å². The average Bonchev–Trinajstić information content (AvgIpc) is 2.86. The zero-order valence-corrected chi connectivity index (χ0v) is 22.0. The molecule has 4 aromatic rings. The van der Waals surface area contributed by atoms with Crippen molar-refractivity contribution >= 4 is 45.7 Å². The number of benzene rings is 3. The predicted molar refractivity (Wildman–Crippen MR) is 150 cm³/mol. The van der Waals surface area contributed by atoms with Gasteiger partial charge in [-0.3, -0.25) is 14.7 Å². The van der Waals surface area contributed by atoms with Crippen molar-refractivity contribution in [3.05, 3.63) is 94.1 Å². The van der Waals surface area contributed by atoms with E-state index in [-0.39, 0.29) is 5.91 Å². The molecule has 0 saturated carbocycles. The lowest BCUT2D eigenvalue weighted by Crippen LogP contribution is -2.43. The lowest BCUT2D eigenvalue weighted by atomic mass is 9.97. The quantitative estimate of drug-likeness (QED) is 0.290. The first-order chi connectivity index (χ1) is 17.4. The van der Waals surface area contributed by atoms with Gasteiger partial charge in [-0.2, -0.15) is 0 Å². The molecule has 1 saturated heterocycles. The van der Waals surface area contributed by atoms with Crippen LogP contribution in [0.1, 0.15) is 49.2 Å². The Morgan fingerprint density at radius 3 is 2.42 bits per heavy atom. The summed E-state index contributed by atoms with van der Waals surface area (Å²) < 4.78 is 0. The highest BCUT2D eigenvalue weighted by molar-refractivity contribution is 6.36. The molecule has 4 nitrogen and oxygen atoms in total. The van der Waals surface area contributed by atoms with E-state index in [0.29, 0.717) is 27.7 Å². The normalized spacial score (nSPS) is 18.3. The van der Waals surface area contributed by atoms with Crippen molar-refractivity contribution in [3.8, 4) is 11.1 Å².